The molecule has 5 nitrogen and oxygen atoms in total. The summed E-state index contributed by atoms with van der Waals surface area (Å²) in [5, 5.41) is 19.9. The first kappa shape index (κ1) is 16.7. The van der Waals surface area contributed by atoms with Gasteiger partial charge in [0.1, 0.15) is 5.41 Å². The van der Waals surface area contributed by atoms with Gasteiger partial charge >= 0.3 is 0 Å². The van der Waals surface area contributed by atoms with Crippen molar-refractivity contribution in [3.8, 4) is 6.07 Å². The third kappa shape index (κ3) is 2.66. The molecule has 0 aromatic heterocycles. The van der Waals surface area contributed by atoms with Crippen molar-refractivity contribution in [1.82, 2.24) is 4.90 Å². The quantitative estimate of drug-likeness (QED) is 0.865. The molecule has 2 saturated carbocycles. The fourth-order valence-electron chi connectivity index (χ4n) is 4.77. The Kier molecular flexibility index (Phi) is 4.66. The maximum Gasteiger partial charge on any atom is 0.243 e. The Morgan fingerprint density at radius 3 is 2.43 bits per heavy atom. The van der Waals surface area contributed by atoms with Crippen LogP contribution in [0.4, 0.5) is 0 Å². The Morgan fingerprint density at radius 1 is 1.26 bits per heavy atom. The number of rotatable bonds is 3. The number of carbonyl (C=O) groups excluding carboxylic acids is 1. The molecule has 2 aliphatic carbocycles. The molecule has 1 amide bonds. The third-order valence-corrected chi connectivity index (χ3v) is 6.42. The van der Waals surface area contributed by atoms with Crippen molar-refractivity contribution in [2.45, 2.75) is 70.5 Å². The van der Waals surface area contributed by atoms with Crippen LogP contribution in [0.1, 0.15) is 58.3 Å². The zero-order valence-electron chi connectivity index (χ0n) is 14.1. The highest BCUT2D eigenvalue weighted by Gasteiger charge is 2.57. The molecule has 0 radical (unpaired) electrons. The second kappa shape index (κ2) is 6.41. The van der Waals surface area contributed by atoms with Crippen LogP contribution in [0, 0.1) is 22.2 Å². The van der Waals surface area contributed by atoms with Crippen LogP contribution in [0.25, 0.3) is 0 Å². The van der Waals surface area contributed by atoms with Crippen molar-refractivity contribution in [3.63, 3.8) is 0 Å². The second-order valence-corrected chi connectivity index (χ2v) is 7.48. The van der Waals surface area contributed by atoms with Gasteiger partial charge in [0.05, 0.1) is 18.3 Å². The van der Waals surface area contributed by atoms with Crippen molar-refractivity contribution in [1.29, 1.82) is 5.26 Å². The first-order chi connectivity index (χ1) is 11.1. The van der Waals surface area contributed by atoms with Gasteiger partial charge in [-0.3, -0.25) is 4.79 Å². The SMILES string of the molecule is CCO[C@@H]1C[C@H](O)C12CCN(C(=O)C1(C#N)CCCCC1)CC2. The molecule has 128 valence electrons. The monoisotopic (exact) mass is 320 g/mol. The van der Waals surface area contributed by atoms with Crippen molar-refractivity contribution in [3.05, 3.63) is 0 Å². The van der Waals surface area contributed by atoms with Crippen LogP contribution in [0.2, 0.25) is 0 Å². The van der Waals surface area contributed by atoms with Gasteiger partial charge in [-0.2, -0.15) is 5.26 Å². The summed E-state index contributed by atoms with van der Waals surface area (Å²) in [5.41, 5.74) is -0.959. The molecule has 0 bridgehead atoms. The van der Waals surface area contributed by atoms with Gasteiger partial charge in [-0.05, 0) is 32.6 Å². The lowest BCUT2D eigenvalue weighted by molar-refractivity contribution is -0.211. The molecular weight excluding hydrogens is 292 g/mol. The van der Waals surface area contributed by atoms with Crippen molar-refractivity contribution < 1.29 is 14.6 Å². The molecule has 1 spiro atoms. The molecule has 3 aliphatic rings. The Labute approximate surface area is 138 Å². The molecule has 0 aromatic rings. The molecule has 1 saturated heterocycles. The average molecular weight is 320 g/mol. The maximum atomic E-state index is 12.9. The number of nitrogens with zero attached hydrogens (tertiary/aromatic N) is 2. The van der Waals surface area contributed by atoms with Gasteiger partial charge in [-0.15, -0.1) is 0 Å². The van der Waals surface area contributed by atoms with E-state index in [9.17, 15) is 15.2 Å². The molecule has 23 heavy (non-hydrogen) atoms. The van der Waals surface area contributed by atoms with E-state index in [1.165, 1.54) is 0 Å². The first-order valence-corrected chi connectivity index (χ1v) is 9.08. The number of ether oxygens (including phenoxy) is 1. The Hall–Kier alpha value is -1.12. The molecular formula is C18H28N2O3. The summed E-state index contributed by atoms with van der Waals surface area (Å²) in [7, 11) is 0. The summed E-state index contributed by atoms with van der Waals surface area (Å²) in [4.78, 5) is 14.8. The standard InChI is InChI=1S/C18H28N2O3/c1-2-23-15-12-14(21)18(15)8-10-20(11-9-18)16(22)17(13-19)6-4-3-5-7-17/h14-15,21H,2-12H2,1H3/t14-,15+/m0/s1. The van der Waals surface area contributed by atoms with Gasteiger partial charge in [0.2, 0.25) is 5.91 Å². The number of hydrogen-bond donors (Lipinski definition) is 1. The van der Waals surface area contributed by atoms with E-state index in [-0.39, 0.29) is 23.5 Å². The number of carbonyl (C=O) groups is 1. The van der Waals surface area contributed by atoms with Crippen LogP contribution in [0.3, 0.4) is 0 Å². The van der Waals surface area contributed by atoms with Crippen LogP contribution >= 0.6 is 0 Å². The maximum absolute atomic E-state index is 12.9. The summed E-state index contributed by atoms with van der Waals surface area (Å²) in [6.45, 7) is 3.93. The number of hydrogen-bond acceptors (Lipinski definition) is 4. The van der Waals surface area contributed by atoms with Gasteiger partial charge in [0.15, 0.2) is 0 Å². The number of nitriles is 1. The summed E-state index contributed by atoms with van der Waals surface area (Å²) in [6, 6.07) is 2.34. The van der Waals surface area contributed by atoms with Crippen LogP contribution in [0.5, 0.6) is 0 Å². The highest BCUT2D eigenvalue weighted by atomic mass is 16.5. The Morgan fingerprint density at radius 2 is 1.91 bits per heavy atom. The van der Waals surface area contributed by atoms with Crippen molar-refractivity contribution in [2.24, 2.45) is 10.8 Å². The molecule has 5 heteroatoms. The first-order valence-electron chi connectivity index (χ1n) is 9.08. The molecule has 2 atom stereocenters. The summed E-state index contributed by atoms with van der Waals surface area (Å²) >= 11 is 0. The zero-order chi connectivity index (χ0) is 16.5. The van der Waals surface area contributed by atoms with E-state index in [0.717, 1.165) is 32.1 Å². The van der Waals surface area contributed by atoms with E-state index < -0.39 is 5.41 Å². The number of amides is 1. The highest BCUT2D eigenvalue weighted by molar-refractivity contribution is 5.85. The lowest BCUT2D eigenvalue weighted by atomic mass is 9.58. The normalized spacial score (nSPS) is 32.1. The van der Waals surface area contributed by atoms with Crippen LogP contribution < -0.4 is 0 Å². The highest BCUT2D eigenvalue weighted by Crippen LogP contribution is 2.51. The topological polar surface area (TPSA) is 73.6 Å². The minimum absolute atomic E-state index is 0.0244. The molecule has 0 unspecified atom stereocenters. The van der Waals surface area contributed by atoms with Crippen molar-refractivity contribution in [2.75, 3.05) is 19.7 Å². The van der Waals surface area contributed by atoms with Crippen LogP contribution in [-0.4, -0.2) is 47.8 Å². The molecule has 1 N–H and O–H groups in total. The Balaban J connectivity index is 1.64. The Bertz CT molecular complexity index is 483. The molecule has 1 aliphatic heterocycles. The molecule has 3 fully saturated rings. The largest absolute Gasteiger partial charge is 0.392 e. The fourth-order valence-corrected chi connectivity index (χ4v) is 4.77. The number of aliphatic hydroxyl groups is 1. The predicted molar refractivity (Wildman–Crippen MR) is 85.4 cm³/mol. The number of likely N-dealkylation sites (tertiary alicyclic amines) is 1. The zero-order valence-corrected chi connectivity index (χ0v) is 14.1. The van der Waals surface area contributed by atoms with Gasteiger partial charge < -0.3 is 14.7 Å². The van der Waals surface area contributed by atoms with E-state index in [1.807, 2.05) is 11.8 Å². The minimum atomic E-state index is -0.791. The van der Waals surface area contributed by atoms with E-state index in [4.69, 9.17) is 4.74 Å². The summed E-state index contributed by atoms with van der Waals surface area (Å²) in [5.74, 6) is 0.0244. The average Bonchev–Trinajstić information content (AvgIpc) is 2.61. The molecule has 3 rings (SSSR count). The van der Waals surface area contributed by atoms with Gasteiger partial charge in [0.25, 0.3) is 0 Å². The van der Waals surface area contributed by atoms with Crippen molar-refractivity contribution >= 4 is 5.91 Å². The van der Waals surface area contributed by atoms with Gasteiger partial charge in [0, 0.05) is 31.5 Å². The third-order valence-electron chi connectivity index (χ3n) is 6.42. The van der Waals surface area contributed by atoms with E-state index in [0.29, 0.717) is 39.0 Å². The van der Waals surface area contributed by atoms with E-state index in [1.54, 1.807) is 0 Å². The minimum Gasteiger partial charge on any atom is -0.392 e. The predicted octanol–water partition coefficient (Wildman–Crippen LogP) is 2.24. The van der Waals surface area contributed by atoms with E-state index >= 15 is 0 Å². The molecule has 1 heterocycles. The number of piperidine rings is 1. The lowest BCUT2D eigenvalue weighted by Gasteiger charge is -2.57. The second-order valence-electron chi connectivity index (χ2n) is 7.48. The smallest absolute Gasteiger partial charge is 0.243 e. The van der Waals surface area contributed by atoms with Crippen LogP contribution in [-0.2, 0) is 9.53 Å². The summed E-state index contributed by atoms with van der Waals surface area (Å²) in [6.07, 6.45) is 6.58. The van der Waals surface area contributed by atoms with Gasteiger partial charge in [-0.25, -0.2) is 0 Å². The lowest BCUT2D eigenvalue weighted by Crippen LogP contribution is -2.63. The molecule has 0 aromatic carbocycles. The van der Waals surface area contributed by atoms with E-state index in [2.05, 4.69) is 6.07 Å². The number of aliphatic hydroxyl groups excluding tert-OH is 1. The summed E-state index contributed by atoms with van der Waals surface area (Å²) < 4.78 is 5.78. The van der Waals surface area contributed by atoms with Gasteiger partial charge in [-0.1, -0.05) is 19.3 Å². The fraction of sp³-hybridized carbons (Fsp3) is 0.889. The van der Waals surface area contributed by atoms with Crippen LogP contribution in [0.15, 0.2) is 0 Å².